The van der Waals surface area contributed by atoms with Crippen molar-refractivity contribution < 1.29 is 9.53 Å². The molecule has 0 saturated heterocycles. The van der Waals surface area contributed by atoms with Crippen LogP contribution in [0.15, 0.2) is 30.5 Å². The minimum atomic E-state index is -0.639. The smallest absolute Gasteiger partial charge is 0.238 e. The molecule has 0 aliphatic rings. The Hall–Kier alpha value is -1.34. The first-order valence-electron chi connectivity index (χ1n) is 2.31. The van der Waals surface area contributed by atoms with Crippen molar-refractivity contribution in [2.24, 2.45) is 4.99 Å². The van der Waals surface area contributed by atoms with E-state index in [1.54, 1.807) is 0 Å². The summed E-state index contributed by atoms with van der Waals surface area (Å²) in [5, 5.41) is 0. The third-order valence-electron chi connectivity index (χ3n) is 0.617. The quantitative estimate of drug-likeness (QED) is 0.243. The number of hydrogen-bond acceptors (Lipinski definition) is 3. The fraction of sp³-hybridized carbons (Fsp3) is 0.167. The van der Waals surface area contributed by atoms with Crippen LogP contribution in [0.25, 0.3) is 0 Å². The molecule has 0 fully saturated rings. The van der Waals surface area contributed by atoms with Crippen molar-refractivity contribution in [3.8, 4) is 0 Å². The van der Waals surface area contributed by atoms with Gasteiger partial charge in [0.1, 0.15) is 0 Å². The second-order valence-electron chi connectivity index (χ2n) is 1.15. The molecule has 3 nitrogen and oxygen atoms in total. The average Bonchev–Trinajstić information content (AvgIpc) is 1.88. The summed E-state index contributed by atoms with van der Waals surface area (Å²) in [6.07, 6.45) is 3.25. The van der Waals surface area contributed by atoms with Crippen molar-refractivity contribution >= 4 is 6.08 Å². The SMILES string of the molecule is C=COC(C=C)N=C=O. The molecule has 1 atom stereocenters. The summed E-state index contributed by atoms with van der Waals surface area (Å²) in [6, 6.07) is 0. The van der Waals surface area contributed by atoms with Crippen molar-refractivity contribution in [3.63, 3.8) is 0 Å². The average molecular weight is 125 g/mol. The zero-order chi connectivity index (χ0) is 7.11. The number of rotatable bonds is 4. The van der Waals surface area contributed by atoms with Crippen molar-refractivity contribution in [3.05, 3.63) is 25.5 Å². The Morgan fingerprint density at radius 2 is 2.33 bits per heavy atom. The third-order valence-corrected chi connectivity index (χ3v) is 0.617. The molecule has 0 heterocycles. The van der Waals surface area contributed by atoms with Crippen molar-refractivity contribution in [1.82, 2.24) is 0 Å². The molecule has 0 N–H and O–H groups in total. The monoisotopic (exact) mass is 125 g/mol. The summed E-state index contributed by atoms with van der Waals surface area (Å²) in [5.41, 5.74) is 0. The van der Waals surface area contributed by atoms with Gasteiger partial charge in [-0.1, -0.05) is 13.2 Å². The van der Waals surface area contributed by atoms with Gasteiger partial charge in [-0.05, 0) is 6.08 Å². The van der Waals surface area contributed by atoms with Crippen LogP contribution in [0.3, 0.4) is 0 Å². The fourth-order valence-electron chi connectivity index (χ4n) is 0.289. The van der Waals surface area contributed by atoms with E-state index in [-0.39, 0.29) is 0 Å². The molecule has 0 aromatic carbocycles. The molecule has 48 valence electrons. The van der Waals surface area contributed by atoms with Gasteiger partial charge >= 0.3 is 0 Å². The van der Waals surface area contributed by atoms with Crippen LogP contribution in [0.4, 0.5) is 0 Å². The first-order valence-corrected chi connectivity index (χ1v) is 2.31. The van der Waals surface area contributed by atoms with E-state index in [0.29, 0.717) is 0 Å². The number of aliphatic imine (C=N–C) groups is 1. The second-order valence-corrected chi connectivity index (χ2v) is 1.15. The Kier molecular flexibility index (Phi) is 4.09. The van der Waals surface area contributed by atoms with Crippen LogP contribution in [0.5, 0.6) is 0 Å². The van der Waals surface area contributed by atoms with Crippen molar-refractivity contribution in [1.29, 1.82) is 0 Å². The van der Waals surface area contributed by atoms with Gasteiger partial charge < -0.3 is 4.74 Å². The zero-order valence-electron chi connectivity index (χ0n) is 4.91. The van der Waals surface area contributed by atoms with Crippen LogP contribution in [-0.4, -0.2) is 12.3 Å². The Bertz CT molecular complexity index is 147. The lowest BCUT2D eigenvalue weighted by molar-refractivity contribution is 0.196. The number of ether oxygens (including phenoxy) is 1. The standard InChI is InChI=1S/C6H7NO2/c1-3-6(7-5-8)9-4-2/h3-4,6H,1-2H2. The highest BCUT2D eigenvalue weighted by molar-refractivity contribution is 5.33. The lowest BCUT2D eigenvalue weighted by Gasteiger charge is -2.00. The molecule has 0 aliphatic carbocycles. The molecule has 0 rings (SSSR count). The van der Waals surface area contributed by atoms with Crippen molar-refractivity contribution in [2.75, 3.05) is 0 Å². The second kappa shape index (κ2) is 4.81. The van der Waals surface area contributed by atoms with E-state index >= 15 is 0 Å². The van der Waals surface area contributed by atoms with Gasteiger partial charge in [0.25, 0.3) is 0 Å². The van der Waals surface area contributed by atoms with E-state index in [9.17, 15) is 4.79 Å². The van der Waals surface area contributed by atoms with Crippen LogP contribution in [-0.2, 0) is 9.53 Å². The highest BCUT2D eigenvalue weighted by Gasteiger charge is 1.94. The summed E-state index contributed by atoms with van der Waals surface area (Å²) in [7, 11) is 0. The summed E-state index contributed by atoms with van der Waals surface area (Å²) in [4.78, 5) is 12.8. The van der Waals surface area contributed by atoms with Gasteiger partial charge in [0, 0.05) is 0 Å². The Labute approximate surface area is 53.4 Å². The fourth-order valence-corrected chi connectivity index (χ4v) is 0.289. The summed E-state index contributed by atoms with van der Waals surface area (Å²) in [6.45, 7) is 6.62. The van der Waals surface area contributed by atoms with Crippen LogP contribution in [0, 0.1) is 0 Å². The van der Waals surface area contributed by atoms with Crippen LogP contribution in [0.2, 0.25) is 0 Å². The topological polar surface area (TPSA) is 38.7 Å². The molecule has 0 radical (unpaired) electrons. The highest BCUT2D eigenvalue weighted by atomic mass is 16.5. The van der Waals surface area contributed by atoms with Gasteiger partial charge in [-0.2, -0.15) is 4.99 Å². The lowest BCUT2D eigenvalue weighted by Crippen LogP contribution is -1.99. The minimum absolute atomic E-state index is 0.639. The largest absolute Gasteiger partial charge is 0.473 e. The Morgan fingerprint density at radius 1 is 1.67 bits per heavy atom. The van der Waals surface area contributed by atoms with Gasteiger partial charge in [-0.3, -0.25) is 0 Å². The van der Waals surface area contributed by atoms with Gasteiger partial charge in [-0.25, -0.2) is 4.79 Å². The minimum Gasteiger partial charge on any atom is -0.473 e. The van der Waals surface area contributed by atoms with Gasteiger partial charge in [0.2, 0.25) is 12.3 Å². The summed E-state index contributed by atoms with van der Waals surface area (Å²) < 4.78 is 4.65. The first kappa shape index (κ1) is 7.66. The molecule has 0 aliphatic heterocycles. The molecule has 0 saturated carbocycles. The van der Waals surface area contributed by atoms with Crippen LogP contribution >= 0.6 is 0 Å². The summed E-state index contributed by atoms with van der Waals surface area (Å²) >= 11 is 0. The maximum Gasteiger partial charge on any atom is 0.238 e. The normalized spacial score (nSPS) is 10.7. The van der Waals surface area contributed by atoms with Gasteiger partial charge in [0.15, 0.2) is 0 Å². The van der Waals surface area contributed by atoms with Crippen LogP contribution in [0.1, 0.15) is 0 Å². The number of carbonyl (C=O) groups excluding carboxylic acids is 1. The number of hydrogen-bond donors (Lipinski definition) is 0. The third kappa shape index (κ3) is 3.26. The molecular weight excluding hydrogens is 118 g/mol. The van der Waals surface area contributed by atoms with E-state index in [0.717, 1.165) is 0 Å². The predicted octanol–water partition coefficient (Wildman–Crippen LogP) is 0.994. The van der Waals surface area contributed by atoms with E-state index in [4.69, 9.17) is 0 Å². The maximum absolute atomic E-state index is 9.60. The molecule has 0 bridgehead atoms. The number of isocyanates is 1. The van der Waals surface area contributed by atoms with Crippen LogP contribution < -0.4 is 0 Å². The lowest BCUT2D eigenvalue weighted by atomic mass is 10.6. The molecule has 0 aromatic heterocycles. The van der Waals surface area contributed by atoms with E-state index in [2.05, 4.69) is 22.9 Å². The van der Waals surface area contributed by atoms with E-state index < -0.39 is 6.23 Å². The molecule has 1 unspecified atom stereocenters. The number of nitrogens with zero attached hydrogens (tertiary/aromatic N) is 1. The molecule has 0 amide bonds. The van der Waals surface area contributed by atoms with E-state index in [1.807, 2.05) is 0 Å². The van der Waals surface area contributed by atoms with Gasteiger partial charge in [-0.15, -0.1) is 0 Å². The van der Waals surface area contributed by atoms with E-state index in [1.165, 1.54) is 18.4 Å². The van der Waals surface area contributed by atoms with Crippen molar-refractivity contribution in [2.45, 2.75) is 6.23 Å². The van der Waals surface area contributed by atoms with Gasteiger partial charge in [0.05, 0.1) is 6.26 Å². The highest BCUT2D eigenvalue weighted by Crippen LogP contribution is 1.92. The Morgan fingerprint density at radius 3 is 2.67 bits per heavy atom. The first-order chi connectivity index (χ1) is 4.35. The summed E-state index contributed by atoms with van der Waals surface area (Å²) in [5.74, 6) is 0. The molecular formula is C6H7NO2. The molecule has 0 aromatic rings. The molecule has 3 heteroatoms. The molecule has 9 heavy (non-hydrogen) atoms. The maximum atomic E-state index is 9.60. The predicted molar refractivity (Wildman–Crippen MR) is 33.4 cm³/mol. The zero-order valence-corrected chi connectivity index (χ0v) is 4.91. The molecule has 0 spiro atoms. The Balaban J connectivity index is 3.80.